The summed E-state index contributed by atoms with van der Waals surface area (Å²) in [5, 5.41) is 5.74. The molecule has 128 valence electrons. The lowest BCUT2D eigenvalue weighted by Gasteiger charge is -2.33. The van der Waals surface area contributed by atoms with E-state index in [2.05, 4.69) is 52.1 Å². The molecule has 0 bridgehead atoms. The van der Waals surface area contributed by atoms with Gasteiger partial charge in [-0.2, -0.15) is 0 Å². The first kappa shape index (κ1) is 18.0. The Morgan fingerprint density at radius 3 is 3.17 bits per heavy atom. The van der Waals surface area contributed by atoms with Crippen molar-refractivity contribution < 1.29 is 0 Å². The molecular formula is C18H30N4S. The van der Waals surface area contributed by atoms with Crippen molar-refractivity contribution in [3.63, 3.8) is 0 Å². The van der Waals surface area contributed by atoms with Crippen LogP contribution in [0.1, 0.15) is 30.2 Å². The zero-order valence-corrected chi connectivity index (χ0v) is 15.5. The molecule has 0 aliphatic carbocycles. The summed E-state index contributed by atoms with van der Waals surface area (Å²) in [6, 6.07) is 2.78. The monoisotopic (exact) mass is 334 g/mol. The van der Waals surface area contributed by atoms with Gasteiger partial charge in [0.1, 0.15) is 0 Å². The quantitative estimate of drug-likeness (QED) is 0.360. The largest absolute Gasteiger partial charge is 0.355 e. The minimum atomic E-state index is 0.501. The van der Waals surface area contributed by atoms with Gasteiger partial charge in [0.2, 0.25) is 0 Å². The molecule has 1 aromatic heterocycles. The number of fused-ring (bicyclic) bond motifs is 1. The molecule has 0 saturated heterocycles. The first-order valence-corrected chi connectivity index (χ1v) is 9.35. The van der Waals surface area contributed by atoms with Crippen molar-refractivity contribution in [2.45, 2.75) is 38.8 Å². The summed E-state index contributed by atoms with van der Waals surface area (Å²) in [6.07, 6.45) is 5.33. The highest BCUT2D eigenvalue weighted by molar-refractivity contribution is 7.10. The molecule has 0 fully saturated rings. The van der Waals surface area contributed by atoms with E-state index in [4.69, 9.17) is 0 Å². The average molecular weight is 335 g/mol. The van der Waals surface area contributed by atoms with Crippen molar-refractivity contribution in [3.8, 4) is 0 Å². The Hall–Kier alpha value is -1.33. The second-order valence-corrected chi connectivity index (χ2v) is 7.22. The Morgan fingerprint density at radius 2 is 2.43 bits per heavy atom. The molecule has 0 radical (unpaired) electrons. The molecule has 1 aliphatic rings. The first-order valence-electron chi connectivity index (χ1n) is 8.47. The van der Waals surface area contributed by atoms with Crippen molar-refractivity contribution in [2.75, 3.05) is 33.7 Å². The van der Waals surface area contributed by atoms with Crippen LogP contribution in [0.4, 0.5) is 0 Å². The molecule has 4 nitrogen and oxygen atoms in total. The summed E-state index contributed by atoms with van der Waals surface area (Å²) in [5.74, 6) is 0.981. The zero-order chi connectivity index (χ0) is 16.7. The van der Waals surface area contributed by atoms with E-state index in [1.54, 1.807) is 4.88 Å². The number of nitrogens with zero attached hydrogens (tertiary/aromatic N) is 3. The summed E-state index contributed by atoms with van der Waals surface area (Å²) in [5.41, 5.74) is 1.51. The number of hydrogen-bond donors (Lipinski definition) is 1. The van der Waals surface area contributed by atoms with Crippen LogP contribution in [0, 0.1) is 0 Å². The van der Waals surface area contributed by atoms with E-state index in [0.29, 0.717) is 6.04 Å². The Kier molecular flexibility index (Phi) is 7.12. The number of aliphatic imine (C=N–C) groups is 1. The third-order valence-corrected chi connectivity index (χ3v) is 5.51. The molecule has 1 aliphatic heterocycles. The van der Waals surface area contributed by atoms with Gasteiger partial charge >= 0.3 is 0 Å². The predicted molar refractivity (Wildman–Crippen MR) is 101 cm³/mol. The van der Waals surface area contributed by atoms with Gasteiger partial charge < -0.3 is 10.2 Å². The van der Waals surface area contributed by atoms with Gasteiger partial charge in [0, 0.05) is 51.2 Å². The van der Waals surface area contributed by atoms with E-state index < -0.39 is 0 Å². The second-order valence-electron chi connectivity index (χ2n) is 6.22. The molecular weight excluding hydrogens is 304 g/mol. The summed E-state index contributed by atoms with van der Waals surface area (Å²) < 4.78 is 0. The Bertz CT molecular complexity index is 523. The summed E-state index contributed by atoms with van der Waals surface area (Å²) in [6.45, 7) is 10.2. The molecule has 5 heteroatoms. The molecule has 1 aromatic rings. The van der Waals surface area contributed by atoms with Gasteiger partial charge in [0.25, 0.3) is 0 Å². The normalized spacial score (nSPS) is 16.7. The van der Waals surface area contributed by atoms with Gasteiger partial charge in [-0.3, -0.25) is 9.89 Å². The van der Waals surface area contributed by atoms with Crippen molar-refractivity contribution in [3.05, 3.63) is 34.5 Å². The molecule has 2 heterocycles. The van der Waals surface area contributed by atoms with Crippen LogP contribution in [0.3, 0.4) is 0 Å². The highest BCUT2D eigenvalue weighted by Gasteiger charge is 2.21. The SMILES string of the molecule is C=CCCCN(C)C(=NC)NCC(C)N1CCc2sccc2C1. The number of allylic oxidation sites excluding steroid dienone is 1. The Morgan fingerprint density at radius 1 is 1.61 bits per heavy atom. The van der Waals surface area contributed by atoms with Crippen molar-refractivity contribution in [1.29, 1.82) is 0 Å². The number of unbranched alkanes of at least 4 members (excludes halogenated alkanes) is 1. The lowest BCUT2D eigenvalue weighted by atomic mass is 10.1. The van der Waals surface area contributed by atoms with E-state index in [9.17, 15) is 0 Å². The number of hydrogen-bond acceptors (Lipinski definition) is 3. The van der Waals surface area contributed by atoms with Crippen LogP contribution < -0.4 is 5.32 Å². The lowest BCUT2D eigenvalue weighted by Crippen LogP contribution is -2.47. The van der Waals surface area contributed by atoms with Gasteiger partial charge in [-0.1, -0.05) is 6.08 Å². The Balaban J connectivity index is 1.78. The average Bonchev–Trinajstić information content (AvgIpc) is 3.03. The number of guanidine groups is 1. The molecule has 1 unspecified atom stereocenters. The molecule has 2 rings (SSSR count). The number of thiophene rings is 1. The van der Waals surface area contributed by atoms with Gasteiger partial charge in [0.05, 0.1) is 0 Å². The van der Waals surface area contributed by atoms with Crippen LogP contribution in [0.15, 0.2) is 29.1 Å². The lowest BCUT2D eigenvalue weighted by molar-refractivity contribution is 0.192. The predicted octanol–water partition coefficient (Wildman–Crippen LogP) is 2.97. The molecule has 0 spiro atoms. The maximum atomic E-state index is 4.40. The van der Waals surface area contributed by atoms with Crippen LogP contribution in [-0.2, 0) is 13.0 Å². The molecule has 0 saturated carbocycles. The third-order valence-electron chi connectivity index (χ3n) is 4.49. The highest BCUT2D eigenvalue weighted by Crippen LogP contribution is 2.24. The zero-order valence-electron chi connectivity index (χ0n) is 14.7. The fourth-order valence-corrected chi connectivity index (χ4v) is 3.87. The van der Waals surface area contributed by atoms with Crippen molar-refractivity contribution in [2.24, 2.45) is 4.99 Å². The van der Waals surface area contributed by atoms with Gasteiger partial charge in [0.15, 0.2) is 5.96 Å². The maximum absolute atomic E-state index is 4.40. The maximum Gasteiger partial charge on any atom is 0.193 e. The fraction of sp³-hybridized carbons (Fsp3) is 0.611. The molecule has 0 amide bonds. The molecule has 1 atom stereocenters. The second kappa shape index (κ2) is 9.08. The van der Waals surface area contributed by atoms with E-state index >= 15 is 0 Å². The van der Waals surface area contributed by atoms with Gasteiger partial charge in [-0.05, 0) is 43.2 Å². The van der Waals surface area contributed by atoms with E-state index in [1.165, 1.54) is 12.0 Å². The van der Waals surface area contributed by atoms with Crippen LogP contribution in [0.25, 0.3) is 0 Å². The molecule has 0 aromatic carbocycles. The van der Waals surface area contributed by atoms with Crippen LogP contribution in [0.5, 0.6) is 0 Å². The van der Waals surface area contributed by atoms with E-state index in [-0.39, 0.29) is 0 Å². The van der Waals surface area contributed by atoms with Gasteiger partial charge in [-0.15, -0.1) is 17.9 Å². The fourth-order valence-electron chi connectivity index (χ4n) is 2.98. The van der Waals surface area contributed by atoms with Crippen molar-refractivity contribution >= 4 is 17.3 Å². The van der Waals surface area contributed by atoms with E-state index in [1.807, 2.05) is 24.5 Å². The highest BCUT2D eigenvalue weighted by atomic mass is 32.1. The van der Waals surface area contributed by atoms with Crippen LogP contribution in [-0.4, -0.2) is 55.5 Å². The van der Waals surface area contributed by atoms with Gasteiger partial charge in [-0.25, -0.2) is 0 Å². The number of nitrogens with one attached hydrogen (secondary N) is 1. The summed E-state index contributed by atoms with van der Waals surface area (Å²) >= 11 is 1.90. The smallest absolute Gasteiger partial charge is 0.193 e. The van der Waals surface area contributed by atoms with Crippen LogP contribution in [0.2, 0.25) is 0 Å². The number of rotatable bonds is 7. The minimum absolute atomic E-state index is 0.501. The summed E-state index contributed by atoms with van der Waals surface area (Å²) in [7, 11) is 3.96. The van der Waals surface area contributed by atoms with E-state index in [0.717, 1.165) is 45.0 Å². The topological polar surface area (TPSA) is 30.9 Å². The first-order chi connectivity index (χ1) is 11.2. The molecule has 23 heavy (non-hydrogen) atoms. The Labute approximate surface area is 144 Å². The van der Waals surface area contributed by atoms with Crippen molar-refractivity contribution in [1.82, 2.24) is 15.1 Å². The minimum Gasteiger partial charge on any atom is -0.355 e. The molecule has 1 N–H and O–H groups in total. The summed E-state index contributed by atoms with van der Waals surface area (Å²) in [4.78, 5) is 10.7. The third kappa shape index (κ3) is 5.08. The van der Waals surface area contributed by atoms with Crippen LogP contribution >= 0.6 is 11.3 Å². The standard InChI is InChI=1S/C18H30N4S/c1-5-6-7-10-21(4)18(19-3)20-13-15(2)22-11-8-17-16(14-22)9-12-23-17/h5,9,12,15H,1,6-8,10-11,13-14H2,2-4H3,(H,19,20).